The number of benzene rings is 1. The number of hydrogen-bond donors (Lipinski definition) is 1. The Morgan fingerprint density at radius 1 is 1.22 bits per heavy atom. The van der Waals surface area contributed by atoms with Crippen molar-refractivity contribution in [3.63, 3.8) is 0 Å². The molecule has 0 bridgehead atoms. The van der Waals surface area contributed by atoms with Crippen molar-refractivity contribution in [3.8, 4) is 0 Å². The molecule has 0 aliphatic heterocycles. The highest BCUT2D eigenvalue weighted by Gasteiger charge is 2.03. The second-order valence-electron chi connectivity index (χ2n) is 4.31. The largest absolute Gasteiger partial charge is 0.389 e. The van der Waals surface area contributed by atoms with Gasteiger partial charge in [-0.1, -0.05) is 42.5 Å². The molecular weight excluding hydrogens is 260 g/mol. The standard InChI is InChI=1S/C14H16N2S2/c1-16(10-13-3-2-8-18-13)9-11-4-6-12(7-5-11)14(15)17/h2-8H,9-10H2,1H3,(H2,15,17). The molecule has 0 amide bonds. The monoisotopic (exact) mass is 276 g/mol. The molecule has 0 fully saturated rings. The van der Waals surface area contributed by atoms with E-state index in [0.717, 1.165) is 18.7 Å². The number of thiophene rings is 1. The third kappa shape index (κ3) is 3.63. The number of nitrogens with zero attached hydrogens (tertiary/aromatic N) is 1. The van der Waals surface area contributed by atoms with Crippen molar-refractivity contribution < 1.29 is 0 Å². The van der Waals surface area contributed by atoms with E-state index in [9.17, 15) is 0 Å². The first kappa shape index (κ1) is 13.2. The van der Waals surface area contributed by atoms with E-state index in [4.69, 9.17) is 18.0 Å². The van der Waals surface area contributed by atoms with Crippen molar-refractivity contribution in [2.45, 2.75) is 13.1 Å². The van der Waals surface area contributed by atoms with E-state index in [-0.39, 0.29) is 0 Å². The zero-order valence-electron chi connectivity index (χ0n) is 10.3. The highest BCUT2D eigenvalue weighted by molar-refractivity contribution is 7.80. The molecule has 18 heavy (non-hydrogen) atoms. The average molecular weight is 276 g/mol. The minimum atomic E-state index is 0.452. The summed E-state index contributed by atoms with van der Waals surface area (Å²) in [5, 5.41) is 2.11. The fourth-order valence-electron chi connectivity index (χ4n) is 1.81. The van der Waals surface area contributed by atoms with Gasteiger partial charge in [0.2, 0.25) is 0 Å². The Kier molecular flexibility index (Phi) is 4.47. The summed E-state index contributed by atoms with van der Waals surface area (Å²) in [7, 11) is 2.13. The minimum Gasteiger partial charge on any atom is -0.389 e. The molecule has 0 saturated heterocycles. The fourth-order valence-corrected chi connectivity index (χ4v) is 2.73. The van der Waals surface area contributed by atoms with E-state index in [1.54, 1.807) is 11.3 Å². The Balaban J connectivity index is 1.94. The van der Waals surface area contributed by atoms with Gasteiger partial charge in [0.25, 0.3) is 0 Å². The summed E-state index contributed by atoms with van der Waals surface area (Å²) in [6.07, 6.45) is 0. The molecule has 0 atom stereocenters. The molecule has 0 saturated carbocycles. The third-order valence-electron chi connectivity index (χ3n) is 2.70. The van der Waals surface area contributed by atoms with Crippen molar-refractivity contribution in [1.29, 1.82) is 0 Å². The molecule has 0 spiro atoms. The Bertz CT molecular complexity index is 503. The first-order valence-electron chi connectivity index (χ1n) is 5.75. The summed E-state index contributed by atoms with van der Waals surface area (Å²) in [5.41, 5.74) is 7.78. The van der Waals surface area contributed by atoms with E-state index in [1.807, 2.05) is 12.1 Å². The molecule has 0 radical (unpaired) electrons. The molecule has 2 aromatic rings. The van der Waals surface area contributed by atoms with Crippen LogP contribution < -0.4 is 5.73 Å². The van der Waals surface area contributed by atoms with Gasteiger partial charge in [-0.05, 0) is 24.1 Å². The van der Waals surface area contributed by atoms with E-state index in [0.29, 0.717) is 4.99 Å². The molecule has 1 aromatic heterocycles. The van der Waals surface area contributed by atoms with Crippen LogP contribution in [0, 0.1) is 0 Å². The molecule has 0 unspecified atom stereocenters. The summed E-state index contributed by atoms with van der Waals surface area (Å²) < 4.78 is 0. The van der Waals surface area contributed by atoms with E-state index in [2.05, 4.69) is 41.6 Å². The van der Waals surface area contributed by atoms with Gasteiger partial charge >= 0.3 is 0 Å². The van der Waals surface area contributed by atoms with Gasteiger partial charge in [-0.15, -0.1) is 11.3 Å². The van der Waals surface area contributed by atoms with Crippen molar-refractivity contribution >= 4 is 28.5 Å². The Labute approximate surface area is 117 Å². The smallest absolute Gasteiger partial charge is 0.103 e. The zero-order valence-corrected chi connectivity index (χ0v) is 11.9. The lowest BCUT2D eigenvalue weighted by Gasteiger charge is -2.15. The Morgan fingerprint density at radius 3 is 2.50 bits per heavy atom. The van der Waals surface area contributed by atoms with Crippen LogP contribution in [0.5, 0.6) is 0 Å². The van der Waals surface area contributed by atoms with Crippen LogP contribution in [0.3, 0.4) is 0 Å². The second kappa shape index (κ2) is 6.09. The third-order valence-corrected chi connectivity index (χ3v) is 3.79. The molecule has 1 heterocycles. The van der Waals surface area contributed by atoms with Crippen molar-refractivity contribution in [2.75, 3.05) is 7.05 Å². The summed E-state index contributed by atoms with van der Waals surface area (Å²) in [6.45, 7) is 1.91. The molecule has 0 aliphatic carbocycles. The summed E-state index contributed by atoms with van der Waals surface area (Å²) in [6, 6.07) is 12.4. The van der Waals surface area contributed by atoms with Crippen LogP contribution in [0.25, 0.3) is 0 Å². The number of rotatable bonds is 5. The second-order valence-corrected chi connectivity index (χ2v) is 5.78. The Morgan fingerprint density at radius 2 is 1.94 bits per heavy atom. The minimum absolute atomic E-state index is 0.452. The van der Waals surface area contributed by atoms with Gasteiger partial charge in [0, 0.05) is 23.5 Å². The first-order chi connectivity index (χ1) is 8.65. The van der Waals surface area contributed by atoms with Crippen LogP contribution in [-0.2, 0) is 13.1 Å². The van der Waals surface area contributed by atoms with Gasteiger partial charge in [0.05, 0.1) is 0 Å². The normalized spacial score (nSPS) is 10.8. The van der Waals surface area contributed by atoms with Crippen LogP contribution in [0.4, 0.5) is 0 Å². The van der Waals surface area contributed by atoms with Crippen LogP contribution in [0.1, 0.15) is 16.0 Å². The van der Waals surface area contributed by atoms with Gasteiger partial charge in [0.15, 0.2) is 0 Å². The van der Waals surface area contributed by atoms with Crippen LogP contribution in [0.15, 0.2) is 41.8 Å². The lowest BCUT2D eigenvalue weighted by molar-refractivity contribution is 0.322. The molecule has 0 aliphatic rings. The molecule has 1 aromatic carbocycles. The topological polar surface area (TPSA) is 29.3 Å². The van der Waals surface area contributed by atoms with Gasteiger partial charge in [-0.3, -0.25) is 4.90 Å². The highest BCUT2D eigenvalue weighted by atomic mass is 32.1. The maximum atomic E-state index is 5.58. The number of hydrogen-bond acceptors (Lipinski definition) is 3. The molecule has 2 nitrogen and oxygen atoms in total. The van der Waals surface area contributed by atoms with Gasteiger partial charge < -0.3 is 5.73 Å². The first-order valence-corrected chi connectivity index (χ1v) is 7.03. The van der Waals surface area contributed by atoms with Gasteiger partial charge in [-0.25, -0.2) is 0 Å². The van der Waals surface area contributed by atoms with E-state index in [1.165, 1.54) is 10.4 Å². The van der Waals surface area contributed by atoms with Gasteiger partial charge in [-0.2, -0.15) is 0 Å². The molecule has 94 valence electrons. The lowest BCUT2D eigenvalue weighted by atomic mass is 10.1. The van der Waals surface area contributed by atoms with Crippen LogP contribution >= 0.6 is 23.6 Å². The van der Waals surface area contributed by atoms with Crippen molar-refractivity contribution in [3.05, 3.63) is 57.8 Å². The fraction of sp³-hybridized carbons (Fsp3) is 0.214. The highest BCUT2D eigenvalue weighted by Crippen LogP contribution is 2.13. The number of thiocarbonyl (C=S) groups is 1. The molecule has 2 rings (SSSR count). The SMILES string of the molecule is CN(Cc1ccc(C(N)=S)cc1)Cc1cccs1. The maximum absolute atomic E-state index is 5.58. The molecular formula is C14H16N2S2. The van der Waals surface area contributed by atoms with Crippen LogP contribution in [0.2, 0.25) is 0 Å². The predicted octanol–water partition coefficient (Wildman–Crippen LogP) is 3.01. The van der Waals surface area contributed by atoms with E-state index >= 15 is 0 Å². The molecule has 2 N–H and O–H groups in total. The summed E-state index contributed by atoms with van der Waals surface area (Å²) in [4.78, 5) is 4.13. The Hall–Kier alpha value is -1.23. The number of nitrogens with two attached hydrogens (primary N) is 1. The van der Waals surface area contributed by atoms with E-state index < -0.39 is 0 Å². The van der Waals surface area contributed by atoms with Crippen molar-refractivity contribution in [2.24, 2.45) is 5.73 Å². The lowest BCUT2D eigenvalue weighted by Crippen LogP contribution is -2.16. The quantitative estimate of drug-likeness (QED) is 0.851. The van der Waals surface area contributed by atoms with Gasteiger partial charge in [0.1, 0.15) is 4.99 Å². The zero-order chi connectivity index (χ0) is 13.0. The summed E-state index contributed by atoms with van der Waals surface area (Å²) >= 11 is 6.73. The summed E-state index contributed by atoms with van der Waals surface area (Å²) in [5.74, 6) is 0. The molecule has 4 heteroatoms. The predicted molar refractivity (Wildman–Crippen MR) is 81.8 cm³/mol. The van der Waals surface area contributed by atoms with Crippen LogP contribution in [-0.4, -0.2) is 16.9 Å². The van der Waals surface area contributed by atoms with Crippen molar-refractivity contribution in [1.82, 2.24) is 4.90 Å². The average Bonchev–Trinajstić information content (AvgIpc) is 2.82. The maximum Gasteiger partial charge on any atom is 0.103 e.